The number of ether oxygens (including phenoxy) is 2. The van der Waals surface area contributed by atoms with Crippen molar-refractivity contribution in [2.24, 2.45) is 0 Å². The molecule has 82 valence electrons. The van der Waals surface area contributed by atoms with Crippen molar-refractivity contribution in [1.29, 1.82) is 0 Å². The normalized spacial score (nSPS) is 11.9. The zero-order valence-corrected chi connectivity index (χ0v) is 9.97. The Balaban J connectivity index is 2.53. The van der Waals surface area contributed by atoms with E-state index < -0.39 is 11.7 Å². The fourth-order valence-corrected chi connectivity index (χ4v) is 1.38. The SMILES string of the molecule is CSc1ccc(OC(=O)OC(C)Cl)cc1. The summed E-state index contributed by atoms with van der Waals surface area (Å²) in [6.45, 7) is 1.54. The predicted octanol–water partition coefficient (Wildman–Crippen LogP) is 3.51. The minimum Gasteiger partial charge on any atom is -0.415 e. The molecule has 0 fully saturated rings. The molecule has 0 saturated heterocycles. The third-order valence-corrected chi connectivity index (χ3v) is 2.35. The highest BCUT2D eigenvalue weighted by Crippen LogP contribution is 2.19. The highest BCUT2D eigenvalue weighted by atomic mass is 35.5. The lowest BCUT2D eigenvalue weighted by Crippen LogP contribution is -2.14. The molecule has 0 bridgehead atoms. The summed E-state index contributed by atoms with van der Waals surface area (Å²) in [5.74, 6) is 0.440. The average Bonchev–Trinajstić information content (AvgIpc) is 2.17. The number of benzene rings is 1. The second-order valence-electron chi connectivity index (χ2n) is 2.69. The summed E-state index contributed by atoms with van der Waals surface area (Å²) in [6.07, 6.45) is 1.17. The van der Waals surface area contributed by atoms with Gasteiger partial charge in [0.2, 0.25) is 0 Å². The maximum Gasteiger partial charge on any atom is 0.515 e. The Hall–Kier alpha value is -0.870. The maximum atomic E-state index is 11.0. The van der Waals surface area contributed by atoms with E-state index in [-0.39, 0.29) is 0 Å². The van der Waals surface area contributed by atoms with Crippen LogP contribution in [0.25, 0.3) is 0 Å². The molecular formula is C10H11ClO3S. The Kier molecular flexibility index (Phi) is 4.78. The van der Waals surface area contributed by atoms with Crippen LogP contribution in [0.3, 0.4) is 0 Å². The lowest BCUT2D eigenvalue weighted by molar-refractivity contribution is 0.0923. The average molecular weight is 247 g/mol. The minimum absolute atomic E-state index is 0.440. The van der Waals surface area contributed by atoms with E-state index in [1.54, 1.807) is 30.8 Å². The van der Waals surface area contributed by atoms with Gasteiger partial charge in [-0.2, -0.15) is 0 Å². The Labute approximate surface area is 97.7 Å². The molecule has 0 aliphatic heterocycles. The van der Waals surface area contributed by atoms with Crippen molar-refractivity contribution in [3.8, 4) is 5.75 Å². The van der Waals surface area contributed by atoms with Crippen molar-refractivity contribution in [3.05, 3.63) is 24.3 Å². The molecule has 0 N–H and O–H groups in total. The predicted molar refractivity (Wildman–Crippen MR) is 60.6 cm³/mol. The van der Waals surface area contributed by atoms with Crippen LogP contribution in [-0.4, -0.2) is 18.0 Å². The first kappa shape index (κ1) is 12.2. The fourth-order valence-electron chi connectivity index (χ4n) is 0.897. The number of carbonyl (C=O) groups excluding carboxylic acids is 1. The summed E-state index contributed by atoms with van der Waals surface area (Å²) in [7, 11) is 0. The van der Waals surface area contributed by atoms with Gasteiger partial charge in [-0.1, -0.05) is 11.6 Å². The first-order valence-electron chi connectivity index (χ1n) is 4.28. The van der Waals surface area contributed by atoms with Crippen LogP contribution in [0.15, 0.2) is 29.2 Å². The summed E-state index contributed by atoms with van der Waals surface area (Å²) < 4.78 is 9.48. The van der Waals surface area contributed by atoms with Gasteiger partial charge in [0.1, 0.15) is 5.75 Å². The molecule has 0 aliphatic carbocycles. The lowest BCUT2D eigenvalue weighted by atomic mass is 10.3. The summed E-state index contributed by atoms with van der Waals surface area (Å²) in [5, 5.41) is 0. The third-order valence-electron chi connectivity index (χ3n) is 1.52. The quantitative estimate of drug-likeness (QED) is 0.354. The van der Waals surface area contributed by atoms with Crippen molar-refractivity contribution in [3.63, 3.8) is 0 Å². The number of halogens is 1. The van der Waals surface area contributed by atoms with E-state index in [0.29, 0.717) is 5.75 Å². The van der Waals surface area contributed by atoms with Gasteiger partial charge in [0.25, 0.3) is 0 Å². The standard InChI is InChI=1S/C10H11ClO3S/c1-7(11)13-10(12)14-8-3-5-9(15-2)6-4-8/h3-7H,1-2H3. The van der Waals surface area contributed by atoms with E-state index in [4.69, 9.17) is 16.3 Å². The zero-order chi connectivity index (χ0) is 11.3. The second-order valence-corrected chi connectivity index (χ2v) is 4.18. The number of rotatable bonds is 3. The zero-order valence-electron chi connectivity index (χ0n) is 8.40. The van der Waals surface area contributed by atoms with Gasteiger partial charge >= 0.3 is 6.16 Å². The molecule has 1 aromatic carbocycles. The van der Waals surface area contributed by atoms with E-state index in [1.807, 2.05) is 18.4 Å². The summed E-state index contributed by atoms with van der Waals surface area (Å²) in [5.41, 5.74) is -0.692. The van der Waals surface area contributed by atoms with Crippen LogP contribution >= 0.6 is 23.4 Å². The van der Waals surface area contributed by atoms with Gasteiger partial charge in [0.15, 0.2) is 5.56 Å². The minimum atomic E-state index is -0.797. The Morgan fingerprint density at radius 1 is 1.40 bits per heavy atom. The van der Waals surface area contributed by atoms with Crippen LogP contribution in [0.5, 0.6) is 5.75 Å². The van der Waals surface area contributed by atoms with Gasteiger partial charge in [-0.3, -0.25) is 0 Å². The van der Waals surface area contributed by atoms with Gasteiger partial charge in [-0.05, 0) is 37.4 Å². The van der Waals surface area contributed by atoms with Gasteiger partial charge in [-0.25, -0.2) is 4.79 Å². The number of carbonyl (C=O) groups is 1. The fraction of sp³-hybridized carbons (Fsp3) is 0.300. The number of hydrogen-bond acceptors (Lipinski definition) is 4. The Morgan fingerprint density at radius 2 is 2.00 bits per heavy atom. The molecule has 0 radical (unpaired) electrons. The van der Waals surface area contributed by atoms with E-state index in [1.165, 1.54) is 0 Å². The monoisotopic (exact) mass is 246 g/mol. The van der Waals surface area contributed by atoms with Gasteiger partial charge in [-0.15, -0.1) is 11.8 Å². The smallest absolute Gasteiger partial charge is 0.415 e. The number of thioether (sulfide) groups is 1. The maximum absolute atomic E-state index is 11.0. The molecule has 1 unspecified atom stereocenters. The molecule has 0 saturated carbocycles. The molecule has 0 amide bonds. The molecule has 1 atom stereocenters. The third kappa shape index (κ3) is 4.44. The van der Waals surface area contributed by atoms with Crippen LogP contribution in [-0.2, 0) is 4.74 Å². The summed E-state index contributed by atoms with van der Waals surface area (Å²) in [6, 6.07) is 7.12. The Bertz CT molecular complexity index is 324. The van der Waals surface area contributed by atoms with Crippen molar-refractivity contribution in [2.75, 3.05) is 6.26 Å². The van der Waals surface area contributed by atoms with Crippen molar-refractivity contribution in [2.45, 2.75) is 17.4 Å². The van der Waals surface area contributed by atoms with Crippen molar-refractivity contribution >= 4 is 29.5 Å². The van der Waals surface area contributed by atoms with E-state index >= 15 is 0 Å². The number of alkyl halides is 1. The molecule has 15 heavy (non-hydrogen) atoms. The van der Waals surface area contributed by atoms with E-state index in [9.17, 15) is 4.79 Å². The Morgan fingerprint density at radius 3 is 2.47 bits per heavy atom. The van der Waals surface area contributed by atoms with Crippen LogP contribution in [0.4, 0.5) is 4.79 Å². The highest BCUT2D eigenvalue weighted by molar-refractivity contribution is 7.98. The van der Waals surface area contributed by atoms with Gasteiger partial charge in [0, 0.05) is 4.90 Å². The van der Waals surface area contributed by atoms with Crippen LogP contribution in [0.1, 0.15) is 6.92 Å². The highest BCUT2D eigenvalue weighted by Gasteiger charge is 2.08. The topological polar surface area (TPSA) is 35.5 Å². The summed E-state index contributed by atoms with van der Waals surface area (Å²) in [4.78, 5) is 12.1. The second kappa shape index (κ2) is 5.88. The largest absolute Gasteiger partial charge is 0.515 e. The van der Waals surface area contributed by atoms with Crippen LogP contribution in [0, 0.1) is 0 Å². The first-order valence-corrected chi connectivity index (χ1v) is 5.94. The molecule has 5 heteroatoms. The lowest BCUT2D eigenvalue weighted by Gasteiger charge is -2.06. The molecule has 0 heterocycles. The molecule has 0 aliphatic rings. The molecule has 1 rings (SSSR count). The molecule has 3 nitrogen and oxygen atoms in total. The van der Waals surface area contributed by atoms with Crippen molar-refractivity contribution < 1.29 is 14.3 Å². The molecular weight excluding hydrogens is 236 g/mol. The van der Waals surface area contributed by atoms with E-state index in [2.05, 4.69) is 4.74 Å². The van der Waals surface area contributed by atoms with Gasteiger partial charge < -0.3 is 9.47 Å². The van der Waals surface area contributed by atoms with Gasteiger partial charge in [0.05, 0.1) is 0 Å². The number of hydrogen-bond donors (Lipinski definition) is 0. The molecule has 0 spiro atoms. The van der Waals surface area contributed by atoms with Crippen molar-refractivity contribution in [1.82, 2.24) is 0 Å². The summed E-state index contributed by atoms with van der Waals surface area (Å²) >= 11 is 7.07. The van der Waals surface area contributed by atoms with Crippen LogP contribution in [0.2, 0.25) is 0 Å². The molecule has 1 aromatic rings. The first-order chi connectivity index (χ1) is 7.11. The molecule has 0 aromatic heterocycles. The van der Waals surface area contributed by atoms with Crippen LogP contribution < -0.4 is 4.74 Å². The van der Waals surface area contributed by atoms with E-state index in [0.717, 1.165) is 4.90 Å².